The highest BCUT2D eigenvalue weighted by Gasteiger charge is 2.32. The lowest BCUT2D eigenvalue weighted by atomic mass is 9.96. The van der Waals surface area contributed by atoms with Crippen molar-refractivity contribution in [3.05, 3.63) is 30.1 Å². The average Bonchev–Trinajstić information content (AvgIpc) is 2.53. The number of piperidine rings is 1. The molecule has 1 aromatic rings. The van der Waals surface area contributed by atoms with Crippen LogP contribution in [0.15, 0.2) is 24.4 Å². The summed E-state index contributed by atoms with van der Waals surface area (Å²) in [7, 11) is -1.90. The fourth-order valence-corrected chi connectivity index (χ4v) is 3.38. The molecule has 1 aromatic heterocycles. The normalized spacial score (nSPS) is 18.9. The Balaban J connectivity index is 1.98. The second kappa shape index (κ2) is 6.72. The monoisotopic (exact) mass is 326 g/mol. The summed E-state index contributed by atoms with van der Waals surface area (Å²) >= 11 is 0. The van der Waals surface area contributed by atoms with Crippen molar-refractivity contribution in [3.63, 3.8) is 0 Å². The summed E-state index contributed by atoms with van der Waals surface area (Å²) < 4.78 is 23.8. The molecule has 7 nitrogen and oxygen atoms in total. The Labute approximate surface area is 131 Å². The van der Waals surface area contributed by atoms with Gasteiger partial charge in [0.15, 0.2) is 0 Å². The van der Waals surface area contributed by atoms with Crippen LogP contribution in [0.1, 0.15) is 31.5 Å². The summed E-state index contributed by atoms with van der Waals surface area (Å²) in [4.78, 5) is 18.5. The molecule has 2 heterocycles. The van der Waals surface area contributed by atoms with E-state index in [0.717, 1.165) is 5.69 Å². The zero-order valence-electron chi connectivity index (χ0n) is 12.8. The van der Waals surface area contributed by atoms with Crippen LogP contribution in [-0.2, 0) is 15.0 Å². The van der Waals surface area contributed by atoms with Crippen molar-refractivity contribution in [2.75, 3.05) is 20.1 Å². The zero-order chi connectivity index (χ0) is 16.3. The second-order valence-corrected chi connectivity index (χ2v) is 7.14. The van der Waals surface area contributed by atoms with Crippen molar-refractivity contribution in [1.82, 2.24) is 14.2 Å². The highest BCUT2D eigenvalue weighted by atomic mass is 32.2. The maximum Gasteiger partial charge on any atom is 0.276 e. The molecule has 0 spiro atoms. The van der Waals surface area contributed by atoms with E-state index in [4.69, 9.17) is 5.14 Å². The molecule has 2 rings (SSSR count). The van der Waals surface area contributed by atoms with Crippen LogP contribution >= 0.6 is 0 Å². The van der Waals surface area contributed by atoms with Gasteiger partial charge in [-0.15, -0.1) is 0 Å². The molecule has 0 aliphatic carbocycles. The summed E-state index contributed by atoms with van der Waals surface area (Å²) in [5.41, 5.74) is 0.834. The third-order valence-corrected chi connectivity index (χ3v) is 5.29. The number of rotatable bonds is 4. The van der Waals surface area contributed by atoms with Gasteiger partial charge in [0.1, 0.15) is 0 Å². The lowest BCUT2D eigenvalue weighted by Gasteiger charge is -2.33. The Morgan fingerprint density at radius 2 is 2.05 bits per heavy atom. The third-order valence-electron chi connectivity index (χ3n) is 4.21. The molecule has 1 amide bonds. The highest BCUT2D eigenvalue weighted by molar-refractivity contribution is 7.86. The SMILES string of the molecule is CC(c1ccccn1)N(C)C(=O)C1CCN(S(N)(=O)=O)CC1. The minimum atomic E-state index is -3.66. The van der Waals surface area contributed by atoms with Crippen LogP contribution in [0.5, 0.6) is 0 Å². The average molecular weight is 326 g/mol. The molecule has 1 fully saturated rings. The molecular formula is C14H22N4O3S. The number of pyridine rings is 1. The van der Waals surface area contributed by atoms with E-state index in [1.807, 2.05) is 25.1 Å². The number of hydrogen-bond donors (Lipinski definition) is 1. The van der Waals surface area contributed by atoms with E-state index in [-0.39, 0.29) is 17.9 Å². The predicted molar refractivity (Wildman–Crippen MR) is 82.8 cm³/mol. The maximum absolute atomic E-state index is 12.6. The van der Waals surface area contributed by atoms with Crippen LogP contribution < -0.4 is 5.14 Å². The molecule has 22 heavy (non-hydrogen) atoms. The van der Waals surface area contributed by atoms with Crippen molar-refractivity contribution in [2.24, 2.45) is 11.1 Å². The van der Waals surface area contributed by atoms with E-state index in [2.05, 4.69) is 4.98 Å². The quantitative estimate of drug-likeness (QED) is 0.872. The van der Waals surface area contributed by atoms with Gasteiger partial charge >= 0.3 is 0 Å². The molecule has 2 N–H and O–H groups in total. The first-order valence-corrected chi connectivity index (χ1v) is 8.76. The minimum Gasteiger partial charge on any atom is -0.337 e. The van der Waals surface area contributed by atoms with Crippen LogP contribution in [0.3, 0.4) is 0 Å². The van der Waals surface area contributed by atoms with E-state index in [0.29, 0.717) is 25.9 Å². The smallest absolute Gasteiger partial charge is 0.276 e. The Hall–Kier alpha value is -1.51. The number of nitrogens with zero attached hydrogens (tertiary/aromatic N) is 3. The van der Waals surface area contributed by atoms with Crippen molar-refractivity contribution in [1.29, 1.82) is 0 Å². The number of amides is 1. The van der Waals surface area contributed by atoms with E-state index in [9.17, 15) is 13.2 Å². The third kappa shape index (κ3) is 3.82. The van der Waals surface area contributed by atoms with Crippen molar-refractivity contribution in [2.45, 2.75) is 25.8 Å². The minimum absolute atomic E-state index is 0.0206. The predicted octanol–water partition coefficient (Wildman–Crippen LogP) is 0.517. The van der Waals surface area contributed by atoms with Crippen LogP contribution in [-0.4, -0.2) is 48.7 Å². The fourth-order valence-electron chi connectivity index (χ4n) is 2.66. The lowest BCUT2D eigenvalue weighted by Crippen LogP contribution is -2.46. The Morgan fingerprint density at radius 1 is 1.41 bits per heavy atom. The Morgan fingerprint density at radius 3 is 2.55 bits per heavy atom. The van der Waals surface area contributed by atoms with Gasteiger partial charge in [-0.1, -0.05) is 6.07 Å². The summed E-state index contributed by atoms with van der Waals surface area (Å²) in [6.07, 6.45) is 2.69. The molecule has 1 aliphatic heterocycles. The molecule has 1 atom stereocenters. The second-order valence-electron chi connectivity index (χ2n) is 5.60. The molecule has 0 radical (unpaired) electrons. The van der Waals surface area contributed by atoms with Gasteiger partial charge < -0.3 is 4.90 Å². The van der Waals surface area contributed by atoms with Crippen molar-refractivity contribution < 1.29 is 13.2 Å². The lowest BCUT2D eigenvalue weighted by molar-refractivity contribution is -0.137. The van der Waals surface area contributed by atoms with Crippen molar-refractivity contribution >= 4 is 16.1 Å². The number of carbonyl (C=O) groups is 1. The van der Waals surface area contributed by atoms with Gasteiger partial charge in [0.2, 0.25) is 5.91 Å². The first-order valence-electron chi connectivity index (χ1n) is 7.26. The first-order chi connectivity index (χ1) is 10.3. The van der Waals surface area contributed by atoms with Gasteiger partial charge in [0.05, 0.1) is 11.7 Å². The summed E-state index contributed by atoms with van der Waals surface area (Å²) in [6.45, 7) is 2.52. The highest BCUT2D eigenvalue weighted by Crippen LogP contribution is 2.24. The summed E-state index contributed by atoms with van der Waals surface area (Å²) in [5, 5.41) is 5.11. The maximum atomic E-state index is 12.6. The van der Waals surface area contributed by atoms with Gasteiger partial charge in [-0.25, -0.2) is 5.14 Å². The number of nitrogens with two attached hydrogens (primary N) is 1. The molecule has 0 bridgehead atoms. The number of carbonyl (C=O) groups excluding carboxylic acids is 1. The first kappa shape index (κ1) is 16.9. The molecule has 1 aliphatic rings. The zero-order valence-corrected chi connectivity index (χ0v) is 13.7. The van der Waals surface area contributed by atoms with Gasteiger partial charge in [0, 0.05) is 32.3 Å². The van der Waals surface area contributed by atoms with E-state index in [1.165, 1.54) is 4.31 Å². The molecule has 1 unspecified atom stereocenters. The van der Waals surface area contributed by atoms with Crippen LogP contribution in [0, 0.1) is 5.92 Å². The molecule has 122 valence electrons. The van der Waals surface area contributed by atoms with E-state index >= 15 is 0 Å². The topological polar surface area (TPSA) is 96.6 Å². The largest absolute Gasteiger partial charge is 0.337 e. The van der Waals surface area contributed by atoms with Gasteiger partial charge in [0.25, 0.3) is 10.2 Å². The van der Waals surface area contributed by atoms with Crippen LogP contribution in [0.25, 0.3) is 0 Å². The fraction of sp³-hybridized carbons (Fsp3) is 0.571. The standard InChI is InChI=1S/C14H22N4O3S/c1-11(13-5-3-4-8-16-13)17(2)14(19)12-6-9-18(10-7-12)22(15,20)21/h3-5,8,11-12H,6-7,9-10H2,1-2H3,(H2,15,20,21). The number of aromatic nitrogens is 1. The number of hydrogen-bond acceptors (Lipinski definition) is 4. The van der Waals surface area contributed by atoms with Gasteiger partial charge in [-0.2, -0.15) is 12.7 Å². The van der Waals surface area contributed by atoms with Crippen LogP contribution in [0.2, 0.25) is 0 Å². The molecule has 8 heteroatoms. The molecular weight excluding hydrogens is 304 g/mol. The summed E-state index contributed by atoms with van der Waals surface area (Å²) in [5.74, 6) is -0.151. The van der Waals surface area contributed by atoms with E-state index in [1.54, 1.807) is 18.1 Å². The Bertz CT molecular complexity index is 612. The van der Waals surface area contributed by atoms with Crippen LogP contribution in [0.4, 0.5) is 0 Å². The van der Waals surface area contributed by atoms with Crippen molar-refractivity contribution in [3.8, 4) is 0 Å². The van der Waals surface area contributed by atoms with Gasteiger partial charge in [-0.3, -0.25) is 9.78 Å². The van der Waals surface area contributed by atoms with E-state index < -0.39 is 10.2 Å². The molecule has 0 saturated carbocycles. The molecule has 0 aromatic carbocycles. The van der Waals surface area contributed by atoms with Gasteiger partial charge in [-0.05, 0) is 31.9 Å². The Kier molecular flexibility index (Phi) is 5.15. The molecule has 1 saturated heterocycles. The summed E-state index contributed by atoms with van der Waals surface area (Å²) in [6, 6.07) is 5.49.